The summed E-state index contributed by atoms with van der Waals surface area (Å²) in [5.74, 6) is -2.23. The van der Waals surface area contributed by atoms with Crippen molar-refractivity contribution < 1.29 is 23.8 Å². The maximum Gasteiger partial charge on any atom is 0.355 e. The molecule has 8 nitrogen and oxygen atoms in total. The minimum absolute atomic E-state index is 0.0324. The van der Waals surface area contributed by atoms with E-state index in [2.05, 4.69) is 22.0 Å². The number of nitriles is 1. The molecule has 2 aromatic rings. The lowest BCUT2D eigenvalue weighted by Crippen LogP contribution is -2.40. The Hall–Kier alpha value is -3.77. The molecule has 0 aromatic heterocycles. The van der Waals surface area contributed by atoms with Gasteiger partial charge in [0.15, 0.2) is 0 Å². The maximum absolute atomic E-state index is 13.0. The number of allylic oxidation sites excluding steroid dienone is 1. The van der Waals surface area contributed by atoms with Crippen LogP contribution in [0.25, 0.3) is 0 Å². The second-order valence-corrected chi connectivity index (χ2v) is 7.57. The highest BCUT2D eigenvalue weighted by atomic mass is 79.9. The Kier molecular flexibility index (Phi) is 6.85. The number of benzene rings is 2. The molecule has 0 radical (unpaired) electrons. The Morgan fingerprint density at radius 1 is 1.06 bits per heavy atom. The lowest BCUT2D eigenvalue weighted by atomic mass is 9.81. The highest BCUT2D eigenvalue weighted by Gasteiger charge is 2.43. The number of halogens is 1. The minimum Gasteiger partial charge on any atom is -0.495 e. The van der Waals surface area contributed by atoms with Crippen LogP contribution >= 0.6 is 15.9 Å². The van der Waals surface area contributed by atoms with E-state index < -0.39 is 17.9 Å². The first-order valence-corrected chi connectivity index (χ1v) is 10.2. The molecule has 0 saturated carbocycles. The molecule has 1 unspecified atom stereocenters. The predicted octanol–water partition coefficient (Wildman–Crippen LogP) is 3.36. The molecule has 0 spiro atoms. The summed E-state index contributed by atoms with van der Waals surface area (Å²) in [7, 11) is 3.85. The van der Waals surface area contributed by atoms with Crippen LogP contribution in [-0.4, -0.2) is 33.3 Å². The molecule has 1 aliphatic heterocycles. The lowest BCUT2D eigenvalue weighted by Gasteiger charge is -2.36. The summed E-state index contributed by atoms with van der Waals surface area (Å²) >= 11 is 3.37. The number of methoxy groups -OCH3 is 3. The summed E-state index contributed by atoms with van der Waals surface area (Å²) in [5.41, 5.74) is 7.25. The highest BCUT2D eigenvalue weighted by molar-refractivity contribution is 9.10. The van der Waals surface area contributed by atoms with E-state index in [-0.39, 0.29) is 22.7 Å². The third-order valence-electron chi connectivity index (χ3n) is 4.99. The van der Waals surface area contributed by atoms with Crippen molar-refractivity contribution in [2.24, 2.45) is 5.73 Å². The SMILES string of the molecule is COC(=O)C1=C(C(=O)OC)N(c2ccc(Br)cc2OC)C(N)=C(C#N)C1c1ccccc1. The quantitative estimate of drug-likeness (QED) is 0.625. The number of nitrogens with zero attached hydrogens (tertiary/aromatic N) is 2. The van der Waals surface area contributed by atoms with Crippen LogP contribution < -0.4 is 15.4 Å². The fraction of sp³-hybridized carbons (Fsp3) is 0.174. The molecule has 0 saturated heterocycles. The van der Waals surface area contributed by atoms with Crippen LogP contribution in [0.3, 0.4) is 0 Å². The average molecular weight is 498 g/mol. The smallest absolute Gasteiger partial charge is 0.355 e. The Balaban J connectivity index is 2.44. The molecule has 2 aromatic carbocycles. The predicted molar refractivity (Wildman–Crippen MR) is 120 cm³/mol. The number of nitrogens with two attached hydrogens (primary N) is 1. The number of anilines is 1. The molecule has 2 N–H and O–H groups in total. The molecule has 0 fully saturated rings. The molecular formula is C23H20BrN3O5. The zero-order valence-corrected chi connectivity index (χ0v) is 19.2. The molecule has 164 valence electrons. The molecule has 0 amide bonds. The van der Waals surface area contributed by atoms with E-state index in [9.17, 15) is 14.9 Å². The van der Waals surface area contributed by atoms with Gasteiger partial charge in [-0.15, -0.1) is 0 Å². The fourth-order valence-electron chi connectivity index (χ4n) is 3.60. The molecule has 1 aliphatic rings. The Morgan fingerprint density at radius 2 is 1.72 bits per heavy atom. The zero-order valence-electron chi connectivity index (χ0n) is 17.6. The van der Waals surface area contributed by atoms with Crippen LogP contribution in [0.5, 0.6) is 5.75 Å². The van der Waals surface area contributed by atoms with Crippen LogP contribution in [0.1, 0.15) is 11.5 Å². The van der Waals surface area contributed by atoms with Crippen LogP contribution in [-0.2, 0) is 19.1 Å². The number of hydrogen-bond donors (Lipinski definition) is 1. The van der Waals surface area contributed by atoms with Gasteiger partial charge in [-0.25, -0.2) is 9.59 Å². The number of carbonyl (C=O) groups excluding carboxylic acids is 2. The Bertz CT molecular complexity index is 1170. The van der Waals surface area contributed by atoms with E-state index in [0.29, 0.717) is 17.0 Å². The van der Waals surface area contributed by atoms with Gasteiger partial charge < -0.3 is 19.9 Å². The lowest BCUT2D eigenvalue weighted by molar-refractivity contribution is -0.139. The van der Waals surface area contributed by atoms with Crippen molar-refractivity contribution in [1.82, 2.24) is 0 Å². The Morgan fingerprint density at radius 3 is 2.28 bits per heavy atom. The molecule has 0 bridgehead atoms. The topological polar surface area (TPSA) is 115 Å². The summed E-state index contributed by atoms with van der Waals surface area (Å²) in [6.07, 6.45) is 0. The van der Waals surface area contributed by atoms with Crippen molar-refractivity contribution in [3.8, 4) is 11.8 Å². The fourth-order valence-corrected chi connectivity index (χ4v) is 3.94. The number of esters is 2. The van der Waals surface area contributed by atoms with Crippen molar-refractivity contribution in [2.45, 2.75) is 5.92 Å². The standard InChI is InChI=1S/C23H20BrN3O5/c1-30-17-11-14(24)9-10-16(17)27-20(23(29)32-3)19(22(28)31-2)18(15(12-25)21(27)26)13-7-5-4-6-8-13/h4-11,18H,26H2,1-3H3. The molecule has 32 heavy (non-hydrogen) atoms. The maximum atomic E-state index is 13.0. The Labute approximate surface area is 193 Å². The molecule has 3 rings (SSSR count). The number of carbonyl (C=O) groups is 2. The van der Waals surface area contributed by atoms with Crippen molar-refractivity contribution in [3.63, 3.8) is 0 Å². The third kappa shape index (κ3) is 3.92. The van der Waals surface area contributed by atoms with E-state index in [0.717, 1.165) is 4.47 Å². The number of ether oxygens (including phenoxy) is 3. The van der Waals surface area contributed by atoms with E-state index >= 15 is 0 Å². The molecular weight excluding hydrogens is 478 g/mol. The van der Waals surface area contributed by atoms with Crippen molar-refractivity contribution in [2.75, 3.05) is 26.2 Å². The molecule has 1 heterocycles. The summed E-state index contributed by atoms with van der Waals surface area (Å²) in [6.45, 7) is 0. The summed E-state index contributed by atoms with van der Waals surface area (Å²) in [6, 6.07) is 15.9. The largest absolute Gasteiger partial charge is 0.495 e. The van der Waals surface area contributed by atoms with Crippen molar-refractivity contribution in [3.05, 3.63) is 81.2 Å². The normalized spacial score (nSPS) is 15.8. The van der Waals surface area contributed by atoms with E-state index in [1.165, 1.54) is 26.2 Å². The summed E-state index contributed by atoms with van der Waals surface area (Å²) < 4.78 is 16.2. The van der Waals surface area contributed by atoms with Gasteiger partial charge in [0.1, 0.15) is 17.3 Å². The van der Waals surface area contributed by atoms with Crippen LogP contribution in [0.2, 0.25) is 0 Å². The van der Waals surface area contributed by atoms with E-state index in [1.807, 2.05) is 0 Å². The monoisotopic (exact) mass is 497 g/mol. The van der Waals surface area contributed by atoms with Gasteiger partial charge in [-0.1, -0.05) is 46.3 Å². The van der Waals surface area contributed by atoms with E-state index in [1.54, 1.807) is 48.5 Å². The average Bonchev–Trinajstić information content (AvgIpc) is 2.82. The first kappa shape index (κ1) is 22.9. The second kappa shape index (κ2) is 9.58. The van der Waals surface area contributed by atoms with Gasteiger partial charge in [-0.05, 0) is 23.8 Å². The van der Waals surface area contributed by atoms with Gasteiger partial charge in [-0.3, -0.25) is 4.90 Å². The van der Waals surface area contributed by atoms with Gasteiger partial charge in [0.05, 0.1) is 50.2 Å². The van der Waals surface area contributed by atoms with Crippen LogP contribution in [0.15, 0.2) is 75.7 Å². The van der Waals surface area contributed by atoms with Crippen LogP contribution in [0.4, 0.5) is 5.69 Å². The van der Waals surface area contributed by atoms with Gasteiger partial charge in [0.25, 0.3) is 0 Å². The second-order valence-electron chi connectivity index (χ2n) is 6.65. The summed E-state index contributed by atoms with van der Waals surface area (Å²) in [4.78, 5) is 27.3. The van der Waals surface area contributed by atoms with Gasteiger partial charge in [0.2, 0.25) is 0 Å². The van der Waals surface area contributed by atoms with Gasteiger partial charge >= 0.3 is 11.9 Å². The van der Waals surface area contributed by atoms with Crippen LogP contribution in [0, 0.1) is 11.3 Å². The van der Waals surface area contributed by atoms with Gasteiger partial charge in [0, 0.05) is 4.47 Å². The first-order chi connectivity index (χ1) is 15.4. The minimum atomic E-state index is -0.930. The number of hydrogen-bond acceptors (Lipinski definition) is 8. The first-order valence-electron chi connectivity index (χ1n) is 9.38. The molecule has 0 aliphatic carbocycles. The third-order valence-corrected chi connectivity index (χ3v) is 5.49. The van der Waals surface area contributed by atoms with E-state index in [4.69, 9.17) is 19.9 Å². The molecule has 9 heteroatoms. The van der Waals surface area contributed by atoms with Gasteiger partial charge in [-0.2, -0.15) is 5.26 Å². The summed E-state index contributed by atoms with van der Waals surface area (Å²) in [5, 5.41) is 10.0. The zero-order chi connectivity index (χ0) is 23.4. The molecule has 1 atom stereocenters. The van der Waals surface area contributed by atoms with Crippen molar-refractivity contribution in [1.29, 1.82) is 5.26 Å². The van der Waals surface area contributed by atoms with Crippen molar-refractivity contribution >= 4 is 33.6 Å². The highest BCUT2D eigenvalue weighted by Crippen LogP contribution is 2.45. The number of rotatable bonds is 5.